The van der Waals surface area contributed by atoms with Crippen molar-refractivity contribution in [3.63, 3.8) is 0 Å². The van der Waals surface area contributed by atoms with Gasteiger partial charge in [-0.25, -0.2) is 0 Å². The van der Waals surface area contributed by atoms with Gasteiger partial charge in [-0.2, -0.15) is 0 Å². The second-order valence-corrected chi connectivity index (χ2v) is 4.56. The van der Waals surface area contributed by atoms with E-state index in [1.165, 1.54) is 7.11 Å². The Labute approximate surface area is 111 Å². The summed E-state index contributed by atoms with van der Waals surface area (Å²) >= 11 is 5.98. The molecule has 0 aliphatic heterocycles. The van der Waals surface area contributed by atoms with E-state index >= 15 is 0 Å². The Morgan fingerprint density at radius 3 is 2.61 bits per heavy atom. The maximum absolute atomic E-state index is 10.9. The zero-order chi connectivity index (χ0) is 13.7. The number of aliphatic carboxylic acids is 1. The van der Waals surface area contributed by atoms with Gasteiger partial charge in [0.05, 0.1) is 19.6 Å². The summed E-state index contributed by atoms with van der Waals surface area (Å²) in [7, 11) is 3.12. The van der Waals surface area contributed by atoms with Crippen LogP contribution in [0.2, 0.25) is 5.02 Å². The van der Waals surface area contributed by atoms with Crippen molar-refractivity contribution < 1.29 is 19.4 Å². The molecule has 0 saturated heterocycles. The summed E-state index contributed by atoms with van der Waals surface area (Å²) in [5.74, 6) is -0.728. The number of rotatable bonds is 6. The lowest BCUT2D eigenvalue weighted by Gasteiger charge is -2.16. The zero-order valence-corrected chi connectivity index (χ0v) is 11.5. The number of hydrogen-bond donors (Lipinski definition) is 1. The molecule has 0 heterocycles. The topological polar surface area (TPSA) is 55.8 Å². The van der Waals surface area contributed by atoms with E-state index in [1.54, 1.807) is 26.2 Å². The minimum atomic E-state index is -0.838. The largest absolute Gasteiger partial charge is 0.496 e. The highest BCUT2D eigenvalue weighted by Crippen LogP contribution is 2.30. The lowest BCUT2D eigenvalue weighted by atomic mass is 9.96. The van der Waals surface area contributed by atoms with Crippen LogP contribution in [-0.2, 0) is 22.6 Å². The third-order valence-corrected chi connectivity index (χ3v) is 2.94. The second kappa shape index (κ2) is 6.61. The standard InChI is InChI=1S/C13H17ClO4/c1-8(13(15)16)4-11-9(7-17-2)5-10(14)6-12(11)18-3/h5-6,8H,4,7H2,1-3H3,(H,15,16). The molecule has 1 unspecified atom stereocenters. The highest BCUT2D eigenvalue weighted by molar-refractivity contribution is 6.30. The van der Waals surface area contributed by atoms with Crippen LogP contribution in [0.25, 0.3) is 0 Å². The quantitative estimate of drug-likeness (QED) is 0.865. The van der Waals surface area contributed by atoms with Crippen LogP contribution >= 0.6 is 11.6 Å². The predicted octanol–water partition coefficient (Wildman–Crippen LogP) is 2.76. The number of hydrogen-bond acceptors (Lipinski definition) is 3. The monoisotopic (exact) mass is 272 g/mol. The molecule has 0 aliphatic rings. The van der Waals surface area contributed by atoms with Gasteiger partial charge in [-0.3, -0.25) is 4.79 Å². The average Bonchev–Trinajstić information content (AvgIpc) is 2.31. The van der Waals surface area contributed by atoms with Crippen LogP contribution in [-0.4, -0.2) is 25.3 Å². The Kier molecular flexibility index (Phi) is 5.44. The van der Waals surface area contributed by atoms with Gasteiger partial charge in [0, 0.05) is 17.7 Å². The molecular weight excluding hydrogens is 256 g/mol. The van der Waals surface area contributed by atoms with Gasteiger partial charge < -0.3 is 14.6 Å². The van der Waals surface area contributed by atoms with Crippen LogP contribution in [0.4, 0.5) is 0 Å². The zero-order valence-electron chi connectivity index (χ0n) is 10.7. The molecule has 1 rings (SSSR count). The minimum absolute atomic E-state index is 0.374. The molecule has 18 heavy (non-hydrogen) atoms. The van der Waals surface area contributed by atoms with Gasteiger partial charge >= 0.3 is 5.97 Å². The molecule has 0 amide bonds. The Morgan fingerprint density at radius 1 is 1.44 bits per heavy atom. The van der Waals surface area contributed by atoms with Crippen LogP contribution in [0.3, 0.4) is 0 Å². The Hall–Kier alpha value is -1.26. The molecule has 0 aromatic heterocycles. The minimum Gasteiger partial charge on any atom is -0.496 e. The van der Waals surface area contributed by atoms with Gasteiger partial charge in [0.15, 0.2) is 0 Å². The molecule has 1 atom stereocenters. The van der Waals surface area contributed by atoms with E-state index in [4.69, 9.17) is 26.2 Å². The first-order valence-electron chi connectivity index (χ1n) is 5.56. The van der Waals surface area contributed by atoms with E-state index in [9.17, 15) is 4.79 Å². The molecule has 1 N–H and O–H groups in total. The Balaban J connectivity index is 3.15. The molecule has 1 aromatic rings. The van der Waals surface area contributed by atoms with Crippen molar-refractivity contribution >= 4 is 17.6 Å². The van der Waals surface area contributed by atoms with Crippen molar-refractivity contribution in [3.8, 4) is 5.75 Å². The molecule has 0 aliphatic carbocycles. The molecule has 0 bridgehead atoms. The molecular formula is C13H17ClO4. The van der Waals surface area contributed by atoms with Crippen LogP contribution in [0.1, 0.15) is 18.1 Å². The summed E-state index contributed by atoms with van der Waals surface area (Å²) in [5, 5.41) is 9.53. The molecule has 100 valence electrons. The van der Waals surface area contributed by atoms with Crippen molar-refractivity contribution in [1.82, 2.24) is 0 Å². The number of benzene rings is 1. The lowest BCUT2D eigenvalue weighted by molar-refractivity contribution is -0.141. The van der Waals surface area contributed by atoms with Gasteiger partial charge in [0.25, 0.3) is 0 Å². The third-order valence-electron chi connectivity index (χ3n) is 2.72. The Bertz CT molecular complexity index is 431. The molecule has 0 spiro atoms. The highest BCUT2D eigenvalue weighted by Gasteiger charge is 2.18. The lowest BCUT2D eigenvalue weighted by Crippen LogP contribution is -2.14. The van der Waals surface area contributed by atoms with Gasteiger partial charge in [-0.05, 0) is 24.1 Å². The van der Waals surface area contributed by atoms with E-state index < -0.39 is 11.9 Å². The van der Waals surface area contributed by atoms with Crippen LogP contribution in [0.15, 0.2) is 12.1 Å². The van der Waals surface area contributed by atoms with E-state index in [-0.39, 0.29) is 0 Å². The van der Waals surface area contributed by atoms with Gasteiger partial charge in [0.2, 0.25) is 0 Å². The van der Waals surface area contributed by atoms with Crippen LogP contribution < -0.4 is 4.74 Å². The fraction of sp³-hybridized carbons (Fsp3) is 0.462. The number of methoxy groups -OCH3 is 2. The number of halogens is 1. The van der Waals surface area contributed by atoms with Crippen molar-refractivity contribution in [2.45, 2.75) is 20.0 Å². The summed E-state index contributed by atoms with van der Waals surface area (Å²) in [6.07, 6.45) is 0.383. The summed E-state index contributed by atoms with van der Waals surface area (Å²) in [6, 6.07) is 3.46. The SMILES string of the molecule is COCc1cc(Cl)cc(OC)c1CC(C)C(=O)O. The first-order chi connectivity index (χ1) is 8.49. The van der Waals surface area contributed by atoms with Crippen molar-refractivity contribution in [1.29, 1.82) is 0 Å². The first-order valence-corrected chi connectivity index (χ1v) is 5.94. The number of carboxylic acids is 1. The second-order valence-electron chi connectivity index (χ2n) is 4.12. The highest BCUT2D eigenvalue weighted by atomic mass is 35.5. The molecule has 0 radical (unpaired) electrons. The maximum Gasteiger partial charge on any atom is 0.306 e. The summed E-state index contributed by atoms with van der Waals surface area (Å²) < 4.78 is 10.4. The van der Waals surface area contributed by atoms with Crippen molar-refractivity contribution in [3.05, 3.63) is 28.3 Å². The smallest absolute Gasteiger partial charge is 0.306 e. The fourth-order valence-corrected chi connectivity index (χ4v) is 1.99. The van der Waals surface area contributed by atoms with E-state index in [1.807, 2.05) is 0 Å². The van der Waals surface area contributed by atoms with E-state index in [0.29, 0.717) is 23.8 Å². The number of ether oxygens (including phenoxy) is 2. The first kappa shape index (κ1) is 14.8. The van der Waals surface area contributed by atoms with Crippen LogP contribution in [0.5, 0.6) is 5.75 Å². The molecule has 4 nitrogen and oxygen atoms in total. The van der Waals surface area contributed by atoms with Crippen molar-refractivity contribution in [2.24, 2.45) is 5.92 Å². The summed E-state index contributed by atoms with van der Waals surface area (Å²) in [4.78, 5) is 10.9. The summed E-state index contributed by atoms with van der Waals surface area (Å²) in [6.45, 7) is 2.03. The van der Waals surface area contributed by atoms with Gasteiger partial charge in [-0.1, -0.05) is 18.5 Å². The van der Waals surface area contributed by atoms with Crippen LogP contribution in [0, 0.1) is 5.92 Å². The average molecular weight is 273 g/mol. The molecule has 0 fully saturated rings. The van der Waals surface area contributed by atoms with Crippen molar-refractivity contribution in [2.75, 3.05) is 14.2 Å². The Morgan fingerprint density at radius 2 is 2.11 bits per heavy atom. The summed E-state index contributed by atoms with van der Waals surface area (Å²) in [5.41, 5.74) is 1.69. The third kappa shape index (κ3) is 3.62. The molecule has 5 heteroatoms. The van der Waals surface area contributed by atoms with E-state index in [0.717, 1.165) is 11.1 Å². The maximum atomic E-state index is 10.9. The van der Waals surface area contributed by atoms with Gasteiger partial charge in [0.1, 0.15) is 5.75 Å². The molecule has 0 saturated carbocycles. The molecule has 1 aromatic carbocycles. The number of carbonyl (C=O) groups is 1. The number of carboxylic acid groups (broad SMARTS) is 1. The predicted molar refractivity (Wildman–Crippen MR) is 69.2 cm³/mol. The fourth-order valence-electron chi connectivity index (χ4n) is 1.76. The normalized spacial score (nSPS) is 12.2. The van der Waals surface area contributed by atoms with Gasteiger partial charge in [-0.15, -0.1) is 0 Å². The van der Waals surface area contributed by atoms with E-state index in [2.05, 4.69) is 0 Å².